The number of carbonyl (C=O) groups is 2. The molecule has 0 saturated heterocycles. The van der Waals surface area contributed by atoms with Crippen LogP contribution in [0.25, 0.3) is 6.08 Å². The number of thioether (sulfide) groups is 1. The van der Waals surface area contributed by atoms with Crippen LogP contribution in [0.15, 0.2) is 114 Å². The molecule has 1 unspecified atom stereocenters. The van der Waals surface area contributed by atoms with Gasteiger partial charge in [0.25, 0.3) is 0 Å². The summed E-state index contributed by atoms with van der Waals surface area (Å²) in [5.74, 6) is -0.407. The van der Waals surface area contributed by atoms with Crippen LogP contribution >= 0.6 is 35.0 Å². The van der Waals surface area contributed by atoms with Crippen LogP contribution in [-0.4, -0.2) is 11.8 Å². The Morgan fingerprint density at radius 3 is 2.03 bits per heavy atom. The molecule has 4 aromatic rings. The summed E-state index contributed by atoms with van der Waals surface area (Å²) in [6.45, 7) is 0. The van der Waals surface area contributed by atoms with Gasteiger partial charge in [0, 0.05) is 22.3 Å². The number of hydrogen-bond acceptors (Lipinski definition) is 3. The Labute approximate surface area is 224 Å². The summed E-state index contributed by atoms with van der Waals surface area (Å²) < 4.78 is 0. The van der Waals surface area contributed by atoms with Gasteiger partial charge in [-0.3, -0.25) is 9.59 Å². The Morgan fingerprint density at radius 2 is 1.36 bits per heavy atom. The van der Waals surface area contributed by atoms with Crippen molar-refractivity contribution in [2.24, 2.45) is 0 Å². The van der Waals surface area contributed by atoms with Gasteiger partial charge in [-0.05, 0) is 59.7 Å². The zero-order valence-corrected chi connectivity index (χ0v) is 21.4. The second kappa shape index (κ2) is 12.5. The van der Waals surface area contributed by atoms with Crippen LogP contribution in [0.2, 0.25) is 10.0 Å². The summed E-state index contributed by atoms with van der Waals surface area (Å²) >= 11 is 13.5. The molecular formula is C29H22Cl2N2O2S. The van der Waals surface area contributed by atoms with Crippen molar-refractivity contribution in [1.29, 1.82) is 0 Å². The minimum atomic E-state index is -0.505. The fraction of sp³-hybridized carbons (Fsp3) is 0.0345. The molecule has 1 atom stereocenters. The fourth-order valence-corrected chi connectivity index (χ4v) is 4.68. The highest BCUT2D eigenvalue weighted by Crippen LogP contribution is 2.37. The van der Waals surface area contributed by atoms with Crippen LogP contribution in [0, 0.1) is 0 Å². The zero-order chi connectivity index (χ0) is 25.3. The SMILES string of the molecule is O=C(/C=C/c1ccccc1)Nc1ccc(SC(C(=O)Nc2ccc(Cl)c(Cl)c2)c2ccccc2)cc1. The number of halogens is 2. The number of carbonyl (C=O) groups excluding carboxylic acids is 2. The van der Waals surface area contributed by atoms with Crippen LogP contribution in [0.4, 0.5) is 11.4 Å². The summed E-state index contributed by atoms with van der Waals surface area (Å²) in [5.41, 5.74) is 3.05. The van der Waals surface area contributed by atoms with Gasteiger partial charge in [0.15, 0.2) is 0 Å². The fourth-order valence-electron chi connectivity index (χ4n) is 3.36. The Hall–Kier alpha value is -3.51. The summed E-state index contributed by atoms with van der Waals surface area (Å²) in [5, 5.41) is 6.07. The van der Waals surface area contributed by atoms with E-state index in [1.54, 1.807) is 24.3 Å². The van der Waals surface area contributed by atoms with E-state index in [9.17, 15) is 9.59 Å². The van der Waals surface area contributed by atoms with E-state index in [0.717, 1.165) is 16.0 Å². The molecule has 2 amide bonds. The lowest BCUT2D eigenvalue weighted by Gasteiger charge is -2.17. The van der Waals surface area contributed by atoms with Crippen molar-refractivity contribution < 1.29 is 9.59 Å². The van der Waals surface area contributed by atoms with Gasteiger partial charge in [0.2, 0.25) is 11.8 Å². The van der Waals surface area contributed by atoms with Gasteiger partial charge in [-0.15, -0.1) is 11.8 Å². The molecule has 0 aliphatic rings. The molecule has 0 aliphatic heterocycles. The van der Waals surface area contributed by atoms with Gasteiger partial charge in [-0.2, -0.15) is 0 Å². The first-order chi connectivity index (χ1) is 17.5. The number of benzene rings is 4. The monoisotopic (exact) mass is 532 g/mol. The molecule has 0 fully saturated rings. The van der Waals surface area contributed by atoms with E-state index in [-0.39, 0.29) is 11.8 Å². The summed E-state index contributed by atoms with van der Waals surface area (Å²) in [7, 11) is 0. The first-order valence-corrected chi connectivity index (χ1v) is 12.7. The van der Waals surface area contributed by atoms with Crippen molar-refractivity contribution in [3.63, 3.8) is 0 Å². The van der Waals surface area contributed by atoms with Gasteiger partial charge in [-0.25, -0.2) is 0 Å². The van der Waals surface area contributed by atoms with E-state index in [4.69, 9.17) is 23.2 Å². The molecule has 36 heavy (non-hydrogen) atoms. The van der Waals surface area contributed by atoms with Crippen molar-refractivity contribution >= 4 is 64.2 Å². The molecule has 180 valence electrons. The summed E-state index contributed by atoms with van der Waals surface area (Å²) in [6, 6.07) is 31.5. The van der Waals surface area contributed by atoms with Crippen LogP contribution < -0.4 is 10.6 Å². The van der Waals surface area contributed by atoms with Crippen LogP contribution in [0.1, 0.15) is 16.4 Å². The molecule has 0 spiro atoms. The lowest BCUT2D eigenvalue weighted by molar-refractivity contribution is -0.116. The zero-order valence-electron chi connectivity index (χ0n) is 19.0. The van der Waals surface area contributed by atoms with Gasteiger partial charge in [-0.1, -0.05) is 83.9 Å². The molecule has 0 bridgehead atoms. The predicted molar refractivity (Wildman–Crippen MR) is 151 cm³/mol. The van der Waals surface area contributed by atoms with E-state index < -0.39 is 5.25 Å². The smallest absolute Gasteiger partial charge is 0.248 e. The Morgan fingerprint density at radius 1 is 0.722 bits per heavy atom. The van der Waals surface area contributed by atoms with E-state index in [1.807, 2.05) is 84.9 Å². The number of rotatable bonds is 8. The normalized spacial score (nSPS) is 11.7. The third-order valence-corrected chi connectivity index (χ3v) is 7.14. The Bertz CT molecular complexity index is 1360. The highest BCUT2D eigenvalue weighted by Gasteiger charge is 2.22. The maximum absolute atomic E-state index is 13.2. The highest BCUT2D eigenvalue weighted by molar-refractivity contribution is 8.00. The second-order valence-electron chi connectivity index (χ2n) is 7.78. The molecule has 0 saturated carbocycles. The van der Waals surface area contributed by atoms with Crippen LogP contribution in [-0.2, 0) is 9.59 Å². The molecule has 4 rings (SSSR count). The standard InChI is InChI=1S/C29H22Cl2N2O2S/c30-25-17-14-23(19-26(25)31)33-29(35)28(21-9-5-2-6-10-21)36-24-15-12-22(13-16-24)32-27(34)18-11-20-7-3-1-4-8-20/h1-19,28H,(H,32,34)(H,33,35)/b18-11+. The van der Waals surface area contributed by atoms with Crippen molar-refractivity contribution in [2.45, 2.75) is 10.1 Å². The van der Waals surface area contributed by atoms with Crippen molar-refractivity contribution in [3.8, 4) is 0 Å². The molecule has 2 N–H and O–H groups in total. The van der Waals surface area contributed by atoms with E-state index in [0.29, 0.717) is 21.4 Å². The highest BCUT2D eigenvalue weighted by atomic mass is 35.5. The molecule has 0 heterocycles. The maximum Gasteiger partial charge on any atom is 0.248 e. The predicted octanol–water partition coefficient (Wildman–Crippen LogP) is 8.12. The van der Waals surface area contributed by atoms with Crippen LogP contribution in [0.3, 0.4) is 0 Å². The van der Waals surface area contributed by atoms with Crippen molar-refractivity contribution in [2.75, 3.05) is 10.6 Å². The molecule has 4 nitrogen and oxygen atoms in total. The number of nitrogens with one attached hydrogen (secondary N) is 2. The summed E-state index contributed by atoms with van der Waals surface area (Å²) in [6.07, 6.45) is 3.26. The molecule has 0 aliphatic carbocycles. The lowest BCUT2D eigenvalue weighted by atomic mass is 10.1. The maximum atomic E-state index is 13.2. The van der Waals surface area contributed by atoms with Gasteiger partial charge in [0.05, 0.1) is 10.0 Å². The Balaban J connectivity index is 1.44. The Kier molecular flexibility index (Phi) is 8.85. The van der Waals surface area contributed by atoms with E-state index >= 15 is 0 Å². The molecule has 0 aromatic heterocycles. The van der Waals surface area contributed by atoms with E-state index in [2.05, 4.69) is 10.6 Å². The van der Waals surface area contributed by atoms with Crippen LogP contribution in [0.5, 0.6) is 0 Å². The van der Waals surface area contributed by atoms with Gasteiger partial charge >= 0.3 is 0 Å². The molecular weight excluding hydrogens is 511 g/mol. The van der Waals surface area contributed by atoms with Gasteiger partial charge < -0.3 is 10.6 Å². The third kappa shape index (κ3) is 7.25. The quantitative estimate of drug-likeness (QED) is 0.178. The first-order valence-electron chi connectivity index (χ1n) is 11.1. The van der Waals surface area contributed by atoms with E-state index in [1.165, 1.54) is 17.8 Å². The average molecular weight is 533 g/mol. The largest absolute Gasteiger partial charge is 0.325 e. The minimum absolute atomic E-state index is 0.187. The molecule has 0 radical (unpaired) electrons. The number of hydrogen-bond donors (Lipinski definition) is 2. The second-order valence-corrected chi connectivity index (χ2v) is 9.78. The number of anilines is 2. The number of amides is 2. The van der Waals surface area contributed by atoms with Gasteiger partial charge in [0.1, 0.15) is 5.25 Å². The van der Waals surface area contributed by atoms with Crippen molar-refractivity contribution in [3.05, 3.63) is 130 Å². The first kappa shape index (κ1) is 25.6. The van der Waals surface area contributed by atoms with Crippen molar-refractivity contribution in [1.82, 2.24) is 0 Å². The lowest BCUT2D eigenvalue weighted by Crippen LogP contribution is -2.19. The molecule has 4 aromatic carbocycles. The minimum Gasteiger partial charge on any atom is -0.325 e. The topological polar surface area (TPSA) is 58.2 Å². The summed E-state index contributed by atoms with van der Waals surface area (Å²) in [4.78, 5) is 26.4. The average Bonchev–Trinajstić information content (AvgIpc) is 2.90. The molecule has 7 heteroatoms. The third-order valence-electron chi connectivity index (χ3n) is 5.13.